The molecule has 0 aliphatic rings. The zero-order chi connectivity index (χ0) is 12.5. The van der Waals surface area contributed by atoms with Gasteiger partial charge in [0.15, 0.2) is 6.10 Å². The van der Waals surface area contributed by atoms with Crippen LogP contribution in [0, 0.1) is 0 Å². The summed E-state index contributed by atoms with van der Waals surface area (Å²) < 4.78 is 0. The lowest BCUT2D eigenvalue weighted by Gasteiger charge is -2.16. The summed E-state index contributed by atoms with van der Waals surface area (Å²) in [5, 5.41) is 18.1. The first kappa shape index (κ1) is 13.4. The van der Waals surface area contributed by atoms with Gasteiger partial charge in [-0.1, -0.05) is 23.2 Å². The molecule has 0 aliphatic heterocycles. The second-order valence-corrected chi connectivity index (χ2v) is 3.83. The number of carbonyl (C=O) groups is 1. The lowest BCUT2D eigenvalue weighted by Crippen LogP contribution is -2.34. The van der Waals surface area contributed by atoms with Gasteiger partial charge in [0.25, 0.3) is 0 Å². The van der Waals surface area contributed by atoms with Gasteiger partial charge in [-0.15, -0.1) is 0 Å². The molecule has 1 aromatic rings. The monoisotopic (exact) mass is 285 g/mol. The summed E-state index contributed by atoms with van der Waals surface area (Å²) in [5.74, 6) is -1.13. The van der Waals surface area contributed by atoms with Gasteiger partial charge in [-0.05, 0) is 11.6 Å². The summed E-state index contributed by atoms with van der Waals surface area (Å²) in [6.45, 7) is 0. The van der Waals surface area contributed by atoms with E-state index in [0.29, 0.717) is 0 Å². The maximum Gasteiger partial charge on any atom is 0.249 e. The predicted molar refractivity (Wildman–Crippen MR) is 57.2 cm³/mol. The number of amides is 1. The van der Waals surface area contributed by atoms with Crippen molar-refractivity contribution in [3.05, 3.63) is 21.2 Å². The molecule has 0 saturated carbocycles. The van der Waals surface area contributed by atoms with Crippen LogP contribution in [0.25, 0.3) is 0 Å². The zero-order valence-electron chi connectivity index (χ0n) is 7.56. The third kappa shape index (κ3) is 2.72. The van der Waals surface area contributed by atoms with Crippen molar-refractivity contribution >= 4 is 40.7 Å². The van der Waals surface area contributed by atoms with Crippen LogP contribution in [0.4, 0.5) is 0 Å². The number of aliphatic hydroxyl groups excluding tert-OH is 2. The summed E-state index contributed by atoms with van der Waals surface area (Å²) in [6, 6.07) is 0. The number of primary amides is 1. The van der Waals surface area contributed by atoms with E-state index in [1.54, 1.807) is 0 Å². The average Bonchev–Trinajstić information content (AvgIpc) is 2.14. The quantitative estimate of drug-likeness (QED) is 0.547. The third-order valence-electron chi connectivity index (χ3n) is 1.71. The highest BCUT2D eigenvalue weighted by atomic mass is 35.5. The standard InChI is InChI=1S/C7H6Cl3N3O3/c8-4-1(2(14)3(15)6(11)16)5(9)13-7(10)12-4/h2-3,14-15H,(H2,11,16). The van der Waals surface area contributed by atoms with E-state index in [1.807, 2.05) is 0 Å². The van der Waals surface area contributed by atoms with E-state index in [9.17, 15) is 15.0 Å². The minimum absolute atomic E-state index is 0.209. The molecule has 2 atom stereocenters. The Bertz CT molecular complexity index is 406. The number of nitrogens with zero attached hydrogens (tertiary/aromatic N) is 2. The number of aliphatic hydroxyl groups is 2. The Kier molecular flexibility index (Phi) is 4.28. The molecule has 2 unspecified atom stereocenters. The summed E-state index contributed by atoms with van der Waals surface area (Å²) in [4.78, 5) is 17.7. The van der Waals surface area contributed by atoms with Gasteiger partial charge in [-0.25, -0.2) is 9.97 Å². The Morgan fingerprint density at radius 2 is 1.62 bits per heavy atom. The Hall–Kier alpha value is -0.660. The molecule has 9 heteroatoms. The summed E-state index contributed by atoms with van der Waals surface area (Å²) in [5.41, 5.74) is 4.59. The third-order valence-corrected chi connectivity index (χ3v) is 2.46. The van der Waals surface area contributed by atoms with Gasteiger partial charge in [0.2, 0.25) is 11.2 Å². The van der Waals surface area contributed by atoms with Crippen LogP contribution in [-0.2, 0) is 4.79 Å². The molecule has 16 heavy (non-hydrogen) atoms. The van der Waals surface area contributed by atoms with Gasteiger partial charge in [0.1, 0.15) is 16.4 Å². The van der Waals surface area contributed by atoms with Crippen LogP contribution >= 0.6 is 34.8 Å². The Labute approximate surface area is 105 Å². The van der Waals surface area contributed by atoms with Crippen LogP contribution in [0.1, 0.15) is 11.7 Å². The maximum absolute atomic E-state index is 10.7. The molecule has 0 saturated heterocycles. The van der Waals surface area contributed by atoms with Crippen molar-refractivity contribution in [2.75, 3.05) is 0 Å². The Morgan fingerprint density at radius 3 is 2.00 bits per heavy atom. The van der Waals surface area contributed by atoms with Crippen LogP contribution in [-0.4, -0.2) is 32.2 Å². The van der Waals surface area contributed by atoms with Crippen molar-refractivity contribution in [3.63, 3.8) is 0 Å². The molecule has 1 heterocycles. The molecule has 0 fully saturated rings. The molecule has 0 radical (unpaired) electrons. The largest absolute Gasteiger partial charge is 0.385 e. The highest BCUT2D eigenvalue weighted by Gasteiger charge is 2.29. The SMILES string of the molecule is NC(=O)C(O)C(O)c1c(Cl)nc(Cl)nc1Cl. The number of carbonyl (C=O) groups excluding carboxylic acids is 1. The first-order valence-electron chi connectivity index (χ1n) is 3.88. The van der Waals surface area contributed by atoms with Crippen molar-refractivity contribution in [2.24, 2.45) is 5.73 Å². The second kappa shape index (κ2) is 5.11. The lowest BCUT2D eigenvalue weighted by molar-refractivity contribution is -0.131. The van der Waals surface area contributed by atoms with Crippen LogP contribution in [0.15, 0.2) is 0 Å². The van der Waals surface area contributed by atoms with E-state index in [0.717, 1.165) is 0 Å². The van der Waals surface area contributed by atoms with Crippen LogP contribution < -0.4 is 5.73 Å². The van der Waals surface area contributed by atoms with Gasteiger partial charge >= 0.3 is 0 Å². The number of hydrogen-bond donors (Lipinski definition) is 3. The zero-order valence-corrected chi connectivity index (χ0v) is 9.83. The van der Waals surface area contributed by atoms with E-state index in [4.69, 9.17) is 40.5 Å². The first-order chi connectivity index (χ1) is 7.34. The average molecular weight is 287 g/mol. The molecule has 0 aromatic carbocycles. The van der Waals surface area contributed by atoms with Crippen molar-refractivity contribution in [1.29, 1.82) is 0 Å². The van der Waals surface area contributed by atoms with Crippen molar-refractivity contribution in [1.82, 2.24) is 9.97 Å². The van der Waals surface area contributed by atoms with Crippen molar-refractivity contribution in [2.45, 2.75) is 12.2 Å². The molecule has 0 aliphatic carbocycles. The minimum Gasteiger partial charge on any atom is -0.385 e. The normalized spacial score (nSPS) is 14.6. The maximum atomic E-state index is 10.7. The van der Waals surface area contributed by atoms with E-state index < -0.39 is 18.1 Å². The first-order valence-corrected chi connectivity index (χ1v) is 5.02. The molecule has 0 bridgehead atoms. The van der Waals surface area contributed by atoms with Crippen LogP contribution in [0.2, 0.25) is 15.6 Å². The van der Waals surface area contributed by atoms with Crippen molar-refractivity contribution < 1.29 is 15.0 Å². The Morgan fingerprint density at radius 1 is 1.19 bits per heavy atom. The summed E-state index contributed by atoms with van der Waals surface area (Å²) in [7, 11) is 0. The number of aromatic nitrogens is 2. The minimum atomic E-state index is -1.86. The molecule has 1 aromatic heterocycles. The topological polar surface area (TPSA) is 109 Å². The van der Waals surface area contributed by atoms with Gasteiger partial charge in [0.05, 0.1) is 5.56 Å². The number of nitrogens with two attached hydrogens (primary N) is 1. The van der Waals surface area contributed by atoms with E-state index >= 15 is 0 Å². The predicted octanol–water partition coefficient (Wildman–Crippen LogP) is 0.316. The van der Waals surface area contributed by atoms with Gasteiger partial charge in [-0.2, -0.15) is 0 Å². The summed E-state index contributed by atoms with van der Waals surface area (Å²) in [6.07, 6.45) is -3.57. The van der Waals surface area contributed by atoms with Crippen molar-refractivity contribution in [3.8, 4) is 0 Å². The van der Waals surface area contributed by atoms with E-state index in [2.05, 4.69) is 9.97 Å². The van der Waals surface area contributed by atoms with Gasteiger partial charge in [-0.3, -0.25) is 4.79 Å². The second-order valence-electron chi connectivity index (χ2n) is 2.78. The number of hydrogen-bond acceptors (Lipinski definition) is 5. The molecule has 1 amide bonds. The van der Waals surface area contributed by atoms with Crippen LogP contribution in [0.3, 0.4) is 0 Å². The molecule has 4 N–H and O–H groups in total. The number of rotatable bonds is 3. The number of halogens is 3. The molecule has 6 nitrogen and oxygen atoms in total. The van der Waals surface area contributed by atoms with Gasteiger partial charge < -0.3 is 15.9 Å². The fourth-order valence-electron chi connectivity index (χ4n) is 0.950. The molecule has 0 spiro atoms. The highest BCUT2D eigenvalue weighted by Crippen LogP contribution is 2.30. The highest BCUT2D eigenvalue weighted by molar-refractivity contribution is 6.36. The Balaban J connectivity index is 3.18. The van der Waals surface area contributed by atoms with Crippen LogP contribution in [0.5, 0.6) is 0 Å². The lowest BCUT2D eigenvalue weighted by atomic mass is 10.1. The molecule has 88 valence electrons. The molecule has 1 rings (SSSR count). The van der Waals surface area contributed by atoms with E-state index in [-0.39, 0.29) is 21.2 Å². The van der Waals surface area contributed by atoms with Gasteiger partial charge in [0, 0.05) is 0 Å². The van der Waals surface area contributed by atoms with E-state index in [1.165, 1.54) is 0 Å². The fourth-order valence-corrected chi connectivity index (χ4v) is 1.82. The summed E-state index contributed by atoms with van der Waals surface area (Å²) >= 11 is 16.7. The fraction of sp³-hybridized carbons (Fsp3) is 0.286. The molecular weight excluding hydrogens is 280 g/mol. The molecular formula is C7H6Cl3N3O3. The smallest absolute Gasteiger partial charge is 0.249 e.